The highest BCUT2D eigenvalue weighted by Gasteiger charge is 2.12. The van der Waals surface area contributed by atoms with Gasteiger partial charge < -0.3 is 5.11 Å². The zero-order valence-electron chi connectivity index (χ0n) is 11.0. The topological polar surface area (TPSA) is 20.2 Å². The fraction of sp³-hybridized carbons (Fsp3) is 0.733. The maximum absolute atomic E-state index is 9.96. The summed E-state index contributed by atoms with van der Waals surface area (Å²) in [6.45, 7) is 6.59. The van der Waals surface area contributed by atoms with Crippen molar-refractivity contribution >= 4 is 0 Å². The summed E-state index contributed by atoms with van der Waals surface area (Å²) in [4.78, 5) is 0. The Bertz CT molecular complexity index is 235. The van der Waals surface area contributed by atoms with Gasteiger partial charge in [0.15, 0.2) is 0 Å². The van der Waals surface area contributed by atoms with Gasteiger partial charge in [0.1, 0.15) is 0 Å². The van der Waals surface area contributed by atoms with E-state index >= 15 is 0 Å². The average molecular weight is 222 g/mol. The highest BCUT2D eigenvalue weighted by Crippen LogP contribution is 2.20. The molecule has 0 aromatic heterocycles. The maximum Gasteiger partial charge on any atom is 0.0568 e. The molecular weight excluding hydrogens is 196 g/mol. The Hall–Kier alpha value is -0.560. The third-order valence-corrected chi connectivity index (χ3v) is 3.64. The van der Waals surface area contributed by atoms with Crippen LogP contribution in [0.5, 0.6) is 0 Å². The molecule has 0 bridgehead atoms. The molecule has 0 aromatic carbocycles. The van der Waals surface area contributed by atoms with Crippen LogP contribution in [0.1, 0.15) is 59.3 Å². The molecule has 0 aliphatic heterocycles. The number of aliphatic hydroxyl groups excluding tert-OH is 1. The summed E-state index contributed by atoms with van der Waals surface area (Å²) in [6, 6.07) is 0. The van der Waals surface area contributed by atoms with Crippen LogP contribution in [0.4, 0.5) is 0 Å². The first-order valence-electron chi connectivity index (χ1n) is 6.59. The van der Waals surface area contributed by atoms with Crippen molar-refractivity contribution < 1.29 is 5.11 Å². The van der Waals surface area contributed by atoms with E-state index in [4.69, 9.17) is 0 Å². The third kappa shape index (κ3) is 4.98. The zero-order chi connectivity index (χ0) is 12.0. The lowest BCUT2D eigenvalue weighted by atomic mass is 9.93. The highest BCUT2D eigenvalue weighted by atomic mass is 16.3. The van der Waals surface area contributed by atoms with Gasteiger partial charge in [-0.3, -0.25) is 0 Å². The molecule has 0 saturated carbocycles. The van der Waals surface area contributed by atoms with Gasteiger partial charge in [-0.05, 0) is 58.3 Å². The summed E-state index contributed by atoms with van der Waals surface area (Å²) in [7, 11) is 0. The largest absolute Gasteiger partial charge is 0.393 e. The van der Waals surface area contributed by atoms with E-state index in [1.807, 2.05) is 0 Å². The molecule has 0 spiro atoms. The molecule has 0 amide bonds. The second-order valence-electron chi connectivity index (χ2n) is 5.30. The van der Waals surface area contributed by atoms with Crippen LogP contribution >= 0.6 is 0 Å². The van der Waals surface area contributed by atoms with E-state index in [-0.39, 0.29) is 6.10 Å². The van der Waals surface area contributed by atoms with Crippen LogP contribution < -0.4 is 0 Å². The van der Waals surface area contributed by atoms with Crippen molar-refractivity contribution in [1.82, 2.24) is 0 Å². The van der Waals surface area contributed by atoms with Gasteiger partial charge in [-0.2, -0.15) is 0 Å². The minimum absolute atomic E-state index is 0.128. The van der Waals surface area contributed by atoms with Gasteiger partial charge in [-0.15, -0.1) is 0 Å². The average Bonchev–Trinajstić information content (AvgIpc) is 2.24. The first-order valence-corrected chi connectivity index (χ1v) is 6.59. The van der Waals surface area contributed by atoms with Crippen molar-refractivity contribution in [2.75, 3.05) is 0 Å². The standard InChI is InChI=1S/C15H26O/c1-12-6-4-8-14(3)15(16)9-5-7-13(2)11-10-12/h6-7,14-16H,4-5,8-11H2,1-3H3/b12-6-,13-7-. The van der Waals surface area contributed by atoms with Gasteiger partial charge in [0.05, 0.1) is 6.10 Å². The number of aliphatic hydroxyl groups is 1. The molecule has 0 saturated heterocycles. The number of hydrogen-bond acceptors (Lipinski definition) is 1. The van der Waals surface area contributed by atoms with Crippen LogP contribution in [-0.4, -0.2) is 11.2 Å². The van der Waals surface area contributed by atoms with E-state index in [1.54, 1.807) is 0 Å². The van der Waals surface area contributed by atoms with Gasteiger partial charge in [0.25, 0.3) is 0 Å². The predicted octanol–water partition coefficient (Wildman–Crippen LogP) is 4.23. The van der Waals surface area contributed by atoms with E-state index < -0.39 is 0 Å². The summed E-state index contributed by atoms with van der Waals surface area (Å²) >= 11 is 0. The highest BCUT2D eigenvalue weighted by molar-refractivity contribution is 5.05. The van der Waals surface area contributed by atoms with Crippen molar-refractivity contribution in [3.05, 3.63) is 23.3 Å². The molecule has 0 fully saturated rings. The number of allylic oxidation sites excluding steroid dienone is 4. The molecule has 0 aromatic rings. The lowest BCUT2D eigenvalue weighted by Gasteiger charge is -2.18. The van der Waals surface area contributed by atoms with Crippen molar-refractivity contribution in [2.45, 2.75) is 65.4 Å². The zero-order valence-corrected chi connectivity index (χ0v) is 11.0. The summed E-state index contributed by atoms with van der Waals surface area (Å²) in [5, 5.41) is 9.96. The predicted molar refractivity (Wildman–Crippen MR) is 70.4 cm³/mol. The molecule has 0 radical (unpaired) electrons. The molecule has 1 rings (SSSR count). The Balaban J connectivity index is 2.61. The molecule has 1 aliphatic rings. The normalized spacial score (nSPS) is 36.2. The van der Waals surface area contributed by atoms with Gasteiger partial charge in [-0.1, -0.05) is 30.2 Å². The minimum atomic E-state index is -0.128. The first kappa shape index (κ1) is 13.5. The van der Waals surface area contributed by atoms with Crippen LogP contribution in [0.25, 0.3) is 0 Å². The Morgan fingerprint density at radius 3 is 2.06 bits per heavy atom. The summed E-state index contributed by atoms with van der Waals surface area (Å²) < 4.78 is 0. The summed E-state index contributed by atoms with van der Waals surface area (Å²) in [5.41, 5.74) is 2.96. The van der Waals surface area contributed by atoms with Crippen molar-refractivity contribution in [3.8, 4) is 0 Å². The van der Waals surface area contributed by atoms with E-state index in [1.165, 1.54) is 24.0 Å². The molecule has 2 unspecified atom stereocenters. The Morgan fingerprint density at radius 2 is 1.50 bits per heavy atom. The smallest absolute Gasteiger partial charge is 0.0568 e. The fourth-order valence-electron chi connectivity index (χ4n) is 2.17. The Labute approximate surface area is 100 Å². The van der Waals surface area contributed by atoms with Crippen LogP contribution in [0, 0.1) is 5.92 Å². The Kier molecular flexibility index (Phi) is 5.83. The maximum atomic E-state index is 9.96. The van der Waals surface area contributed by atoms with Gasteiger partial charge >= 0.3 is 0 Å². The molecule has 1 aliphatic carbocycles. The van der Waals surface area contributed by atoms with Gasteiger partial charge in [-0.25, -0.2) is 0 Å². The van der Waals surface area contributed by atoms with Crippen LogP contribution in [0.2, 0.25) is 0 Å². The second kappa shape index (κ2) is 6.90. The lowest BCUT2D eigenvalue weighted by Crippen LogP contribution is -2.17. The SMILES string of the molecule is C/C1=C/CCC(C)C(O)CC/C=C(/C)CC1. The van der Waals surface area contributed by atoms with Crippen molar-refractivity contribution in [3.63, 3.8) is 0 Å². The van der Waals surface area contributed by atoms with Crippen LogP contribution in [0.3, 0.4) is 0 Å². The Morgan fingerprint density at radius 1 is 1.00 bits per heavy atom. The number of rotatable bonds is 0. The first-order chi connectivity index (χ1) is 7.59. The molecule has 1 N–H and O–H groups in total. The quantitative estimate of drug-likeness (QED) is 0.608. The van der Waals surface area contributed by atoms with Crippen molar-refractivity contribution in [1.29, 1.82) is 0 Å². The van der Waals surface area contributed by atoms with Crippen LogP contribution in [-0.2, 0) is 0 Å². The fourth-order valence-corrected chi connectivity index (χ4v) is 2.17. The molecule has 0 heterocycles. The molecular formula is C15H26O. The van der Waals surface area contributed by atoms with Crippen LogP contribution in [0.15, 0.2) is 23.3 Å². The molecule has 1 heteroatoms. The molecule has 16 heavy (non-hydrogen) atoms. The van der Waals surface area contributed by atoms with Crippen molar-refractivity contribution in [2.24, 2.45) is 5.92 Å². The molecule has 92 valence electrons. The summed E-state index contributed by atoms with van der Waals surface area (Å²) in [5.74, 6) is 0.428. The van der Waals surface area contributed by atoms with E-state index in [0.29, 0.717) is 5.92 Å². The third-order valence-electron chi connectivity index (χ3n) is 3.64. The second-order valence-corrected chi connectivity index (χ2v) is 5.30. The molecule has 2 atom stereocenters. The van der Waals surface area contributed by atoms with E-state index in [9.17, 15) is 5.11 Å². The minimum Gasteiger partial charge on any atom is -0.393 e. The lowest BCUT2D eigenvalue weighted by molar-refractivity contribution is 0.104. The van der Waals surface area contributed by atoms with E-state index in [2.05, 4.69) is 32.9 Å². The molecule has 1 nitrogen and oxygen atoms in total. The van der Waals surface area contributed by atoms with E-state index in [0.717, 1.165) is 25.7 Å². The van der Waals surface area contributed by atoms with Gasteiger partial charge in [0.2, 0.25) is 0 Å². The summed E-state index contributed by atoms with van der Waals surface area (Å²) in [6.07, 6.45) is 11.1. The monoisotopic (exact) mass is 222 g/mol. The van der Waals surface area contributed by atoms with Gasteiger partial charge in [0, 0.05) is 0 Å². The number of hydrogen-bond donors (Lipinski definition) is 1.